The average molecular weight is 1170 g/mol. The van der Waals surface area contributed by atoms with Gasteiger partial charge < -0.3 is 42.6 Å². The van der Waals surface area contributed by atoms with Crippen LogP contribution >= 0.6 is 0 Å². The fraction of sp³-hybridized carbons (Fsp3) is 0.275. The van der Waals surface area contributed by atoms with E-state index in [-0.39, 0.29) is 52.9 Å². The van der Waals surface area contributed by atoms with Crippen molar-refractivity contribution in [3.05, 3.63) is 297 Å². The van der Waals surface area contributed by atoms with Gasteiger partial charge >= 0.3 is 0 Å². The Morgan fingerprint density at radius 3 is 1.24 bits per heavy atom. The van der Waals surface area contributed by atoms with Crippen molar-refractivity contribution in [3.63, 3.8) is 0 Å². The van der Waals surface area contributed by atoms with Crippen LogP contribution in [0.4, 0.5) is 5.69 Å². The first kappa shape index (κ1) is 60.6. The molecule has 85 heavy (non-hydrogen) atoms. The minimum Gasteiger partial charge on any atom is -0.372 e. The molecule has 8 aromatic rings. The predicted molar refractivity (Wildman–Crippen MR) is 321 cm³/mol. The van der Waals surface area contributed by atoms with Crippen LogP contribution in [0.25, 0.3) is 0 Å². The number of nitro groups is 1. The molecule has 1 aliphatic carbocycles. The number of ether oxygens (including phenoxy) is 9. The van der Waals surface area contributed by atoms with E-state index >= 15 is 8.42 Å². The van der Waals surface area contributed by atoms with E-state index in [4.69, 9.17) is 42.6 Å². The minimum absolute atomic E-state index is 0.00990. The van der Waals surface area contributed by atoms with E-state index in [1.807, 2.05) is 212 Å². The molecule has 0 amide bonds. The van der Waals surface area contributed by atoms with Crippen LogP contribution in [0, 0.1) is 10.1 Å². The molecule has 1 aliphatic heterocycles. The summed E-state index contributed by atoms with van der Waals surface area (Å²) in [5.41, 5.74) is 5.93. The summed E-state index contributed by atoms with van der Waals surface area (Å²) in [5, 5.41) is 13.1. The number of nitrogens with zero attached hydrogens (tertiary/aromatic N) is 2. The zero-order valence-corrected chi connectivity index (χ0v) is 48.1. The lowest BCUT2D eigenvalue weighted by molar-refractivity contribution is -0.387. The van der Waals surface area contributed by atoms with Crippen LogP contribution in [0.3, 0.4) is 0 Å². The van der Waals surface area contributed by atoms with Gasteiger partial charge in [0, 0.05) is 19.7 Å². The summed E-state index contributed by atoms with van der Waals surface area (Å²) >= 11 is 0. The number of hydrogen-bond acceptors (Lipinski definition) is 13. The first-order chi connectivity index (χ1) is 41.7. The van der Waals surface area contributed by atoms with Crippen LogP contribution in [-0.2, 0) is 98.9 Å². The zero-order valence-electron chi connectivity index (χ0n) is 47.3. The number of nitro benzene ring substituents is 1. The Hall–Kier alpha value is -7.55. The number of hydrogen-bond donors (Lipinski definition) is 0. The number of rotatable bonds is 29. The van der Waals surface area contributed by atoms with E-state index in [9.17, 15) is 10.1 Å². The SMILES string of the molecule is CO[C@H]1O[C@H](CN([C@H]2C=C(COCc3ccccc3)[C@@H](OCc3ccccc3)[C@H](OCc3ccccc3)[C@@H]2OCc2ccccc2)S(=O)(=O)c2ccccc2[N+](=O)[O-])[C@@H](OCc2ccccc2)[C@H](OCc2ccccc2)[C@@H]1OCc1ccccc1. The highest BCUT2D eigenvalue weighted by molar-refractivity contribution is 7.89. The number of benzene rings is 8. The molecule has 1 saturated heterocycles. The van der Waals surface area contributed by atoms with Crippen LogP contribution in [-0.4, -0.2) is 93.0 Å². The molecule has 15 nitrogen and oxygen atoms in total. The Morgan fingerprint density at radius 1 is 0.435 bits per heavy atom. The monoisotopic (exact) mass is 1170 g/mol. The molecule has 10 rings (SSSR count). The number of methoxy groups -OCH3 is 1. The van der Waals surface area contributed by atoms with Crippen molar-refractivity contribution >= 4 is 15.7 Å². The second kappa shape index (κ2) is 30.5. The summed E-state index contributed by atoms with van der Waals surface area (Å²) < 4.78 is 96.1. The van der Waals surface area contributed by atoms with Crippen molar-refractivity contribution in [1.82, 2.24) is 4.31 Å². The van der Waals surface area contributed by atoms with Gasteiger partial charge in [-0.3, -0.25) is 10.1 Å². The lowest BCUT2D eigenvalue weighted by Crippen LogP contribution is -2.65. The third-order valence-electron chi connectivity index (χ3n) is 15.0. The van der Waals surface area contributed by atoms with Crippen molar-refractivity contribution in [2.75, 3.05) is 20.3 Å². The fourth-order valence-electron chi connectivity index (χ4n) is 10.7. The molecular formula is C69H70N2O13S. The summed E-state index contributed by atoms with van der Waals surface area (Å²) in [4.78, 5) is 11.9. The summed E-state index contributed by atoms with van der Waals surface area (Å²) in [5.74, 6) is 0. The molecule has 0 radical (unpaired) electrons. The fourth-order valence-corrected chi connectivity index (χ4v) is 12.4. The lowest BCUT2D eigenvalue weighted by Gasteiger charge is -2.49. The Bertz CT molecular complexity index is 3430. The zero-order chi connectivity index (χ0) is 58.6. The van der Waals surface area contributed by atoms with E-state index in [0.717, 1.165) is 38.9 Å². The molecule has 1 fully saturated rings. The maximum atomic E-state index is 16.4. The Kier molecular flexibility index (Phi) is 21.7. The van der Waals surface area contributed by atoms with E-state index in [1.54, 1.807) is 6.08 Å². The van der Waals surface area contributed by atoms with E-state index in [2.05, 4.69) is 0 Å². The van der Waals surface area contributed by atoms with Gasteiger partial charge in [-0.1, -0.05) is 231 Å². The summed E-state index contributed by atoms with van der Waals surface area (Å²) in [6, 6.07) is 71.6. The summed E-state index contributed by atoms with van der Waals surface area (Å²) in [7, 11) is -3.52. The molecule has 0 bridgehead atoms. The first-order valence-electron chi connectivity index (χ1n) is 28.4. The van der Waals surface area contributed by atoms with E-state index in [0.29, 0.717) is 5.57 Å². The van der Waals surface area contributed by atoms with Crippen LogP contribution in [0.15, 0.2) is 253 Å². The van der Waals surface area contributed by atoms with Gasteiger partial charge in [-0.05, 0) is 50.6 Å². The first-order valence-corrected chi connectivity index (χ1v) is 29.8. The number of para-hydroxylation sites is 1. The Balaban J connectivity index is 1.15. The highest BCUT2D eigenvalue weighted by atomic mass is 32.2. The minimum atomic E-state index is -5.01. The van der Waals surface area contributed by atoms with Gasteiger partial charge in [0.05, 0.1) is 63.8 Å². The molecule has 8 aromatic carbocycles. The van der Waals surface area contributed by atoms with Gasteiger partial charge in [-0.15, -0.1) is 0 Å². The summed E-state index contributed by atoms with van der Waals surface area (Å²) in [6.07, 6.45) is -6.70. The van der Waals surface area contributed by atoms with Crippen LogP contribution in [0.5, 0.6) is 0 Å². The molecule has 0 spiro atoms. The van der Waals surface area contributed by atoms with Gasteiger partial charge in [0.2, 0.25) is 0 Å². The van der Waals surface area contributed by atoms with Crippen molar-refractivity contribution in [1.29, 1.82) is 0 Å². The van der Waals surface area contributed by atoms with Crippen LogP contribution < -0.4 is 0 Å². The third-order valence-corrected chi connectivity index (χ3v) is 16.9. The second-order valence-electron chi connectivity index (χ2n) is 20.8. The van der Waals surface area contributed by atoms with Crippen molar-refractivity contribution < 1.29 is 56.0 Å². The molecule has 0 unspecified atom stereocenters. The van der Waals surface area contributed by atoms with Crippen molar-refractivity contribution in [3.8, 4) is 0 Å². The highest BCUT2D eigenvalue weighted by Gasteiger charge is 2.54. The standard InChI is InChI=1S/C69H70N2O13S/c1-76-69-68(83-49-57-37-21-8-22-38-57)67(82-48-56-35-19-7-20-36-56)65(80-46-54-31-15-5-16-32-54)61(84-69)42-70(85(74,75)62-40-24-23-39-59(62)71(72)73)60-41-58(50-77-43-51-25-9-2-10-26-51)63(78-44-52-27-11-3-12-28-52)66(81-47-55-33-17-6-18-34-55)64(60)79-45-53-29-13-4-14-30-53/h2-41,60-61,63-69H,42-50H2,1H3/t60-,61+,63+,64+,65+,66-,67-,68-,69-/m0/s1. The quantitative estimate of drug-likeness (QED) is 0.0247. The molecule has 1 heterocycles. The summed E-state index contributed by atoms with van der Waals surface area (Å²) in [6.45, 7) is 0.231. The highest BCUT2D eigenvalue weighted by Crippen LogP contribution is 2.39. The van der Waals surface area contributed by atoms with Crippen LogP contribution in [0.2, 0.25) is 0 Å². The molecule has 2 aliphatic rings. The molecule has 16 heteroatoms. The third kappa shape index (κ3) is 16.3. The molecule has 9 atom stereocenters. The topological polar surface area (TPSA) is 164 Å². The maximum Gasteiger partial charge on any atom is 0.289 e. The van der Waals surface area contributed by atoms with Crippen LogP contribution in [0.1, 0.15) is 38.9 Å². The largest absolute Gasteiger partial charge is 0.372 e. The maximum absolute atomic E-state index is 16.4. The molecule has 0 aromatic heterocycles. The Labute approximate surface area is 497 Å². The van der Waals surface area contributed by atoms with Gasteiger partial charge in [-0.2, -0.15) is 4.31 Å². The number of sulfonamides is 1. The van der Waals surface area contributed by atoms with Crippen molar-refractivity contribution in [2.45, 2.75) is 106 Å². The average Bonchev–Trinajstić information content (AvgIpc) is 1.81. The molecule has 0 N–H and O–H groups in total. The van der Waals surface area contributed by atoms with Crippen molar-refractivity contribution in [2.24, 2.45) is 0 Å². The van der Waals surface area contributed by atoms with E-state index in [1.165, 1.54) is 35.7 Å². The normalized spacial score (nSPS) is 21.5. The molecular weight excluding hydrogens is 1100 g/mol. The Morgan fingerprint density at radius 2 is 0.800 bits per heavy atom. The van der Waals surface area contributed by atoms with Gasteiger partial charge in [0.15, 0.2) is 11.2 Å². The van der Waals surface area contributed by atoms with Gasteiger partial charge in [0.25, 0.3) is 15.7 Å². The van der Waals surface area contributed by atoms with E-state index < -0.39 is 87.1 Å². The lowest BCUT2D eigenvalue weighted by atomic mass is 9.87. The van der Waals surface area contributed by atoms with Gasteiger partial charge in [0.1, 0.15) is 42.7 Å². The van der Waals surface area contributed by atoms with Gasteiger partial charge in [-0.25, -0.2) is 8.42 Å². The second-order valence-corrected chi connectivity index (χ2v) is 22.7. The smallest absolute Gasteiger partial charge is 0.289 e. The predicted octanol–water partition coefficient (Wildman–Crippen LogP) is 12.0. The molecule has 440 valence electrons. The molecule has 0 saturated carbocycles.